The average molecular weight is 323 g/mol. The van der Waals surface area contributed by atoms with Crippen molar-refractivity contribution in [2.45, 2.75) is 46.5 Å². The monoisotopic (exact) mass is 323 g/mol. The molecule has 1 atom stereocenters. The summed E-state index contributed by atoms with van der Waals surface area (Å²) in [5, 5.41) is 14.6. The van der Waals surface area contributed by atoms with Gasteiger partial charge >= 0.3 is 5.97 Å². The summed E-state index contributed by atoms with van der Waals surface area (Å²) in [6, 6.07) is 0. The van der Waals surface area contributed by atoms with Crippen LogP contribution >= 0.6 is 0 Å². The molecule has 6 nitrogen and oxygen atoms in total. The van der Waals surface area contributed by atoms with Crippen LogP contribution in [-0.2, 0) is 19.2 Å². The molecule has 1 unspecified atom stereocenters. The molecule has 0 aromatic rings. The van der Waals surface area contributed by atoms with Crippen molar-refractivity contribution in [1.82, 2.24) is 0 Å². The first kappa shape index (κ1) is 18.9. The number of hydrogen-bond acceptors (Lipinski definition) is 6. The summed E-state index contributed by atoms with van der Waals surface area (Å²) in [6.45, 7) is 9.23. The van der Waals surface area contributed by atoms with Crippen molar-refractivity contribution in [3.63, 3.8) is 0 Å². The molecule has 1 rings (SSSR count). The fourth-order valence-corrected chi connectivity index (χ4v) is 2.65. The van der Waals surface area contributed by atoms with E-state index in [-0.39, 0.29) is 43.2 Å². The number of ether oxygens (including phenoxy) is 1. The van der Waals surface area contributed by atoms with E-state index in [1.807, 2.05) is 0 Å². The lowest BCUT2D eigenvalue weighted by Crippen LogP contribution is -2.40. The van der Waals surface area contributed by atoms with E-state index in [0.29, 0.717) is 18.6 Å². The SMILES string of the molecule is C=CCON=C(CC)C1=C(O)C(CC)(C(=O)OCC)CCC1=O. The topological polar surface area (TPSA) is 85.2 Å². The van der Waals surface area contributed by atoms with Crippen LogP contribution in [0.3, 0.4) is 0 Å². The Hall–Kier alpha value is -2.11. The molecule has 128 valence electrons. The molecule has 0 fully saturated rings. The molecular weight excluding hydrogens is 298 g/mol. The van der Waals surface area contributed by atoms with Crippen molar-refractivity contribution in [1.29, 1.82) is 0 Å². The van der Waals surface area contributed by atoms with Gasteiger partial charge in [0.25, 0.3) is 0 Å². The predicted octanol–water partition coefficient (Wildman–Crippen LogP) is 3.09. The number of esters is 1. The number of aliphatic hydroxyl groups is 1. The van der Waals surface area contributed by atoms with Gasteiger partial charge < -0.3 is 14.7 Å². The van der Waals surface area contributed by atoms with E-state index in [9.17, 15) is 14.7 Å². The van der Waals surface area contributed by atoms with E-state index >= 15 is 0 Å². The van der Waals surface area contributed by atoms with E-state index in [1.54, 1.807) is 20.8 Å². The Kier molecular flexibility index (Phi) is 7.00. The van der Waals surface area contributed by atoms with Gasteiger partial charge in [0.15, 0.2) is 5.78 Å². The maximum Gasteiger partial charge on any atom is 0.319 e. The highest BCUT2D eigenvalue weighted by Crippen LogP contribution is 2.42. The van der Waals surface area contributed by atoms with E-state index in [4.69, 9.17) is 9.57 Å². The number of hydrogen-bond donors (Lipinski definition) is 1. The van der Waals surface area contributed by atoms with Crippen LogP contribution < -0.4 is 0 Å². The number of Topliss-reactive ketones (excluding diaryl/α,β-unsaturated/α-hetero) is 1. The third-order valence-corrected chi connectivity index (χ3v) is 4.01. The number of rotatable bonds is 8. The lowest BCUT2D eigenvalue weighted by atomic mass is 9.71. The number of allylic oxidation sites excluding steroid dienone is 1. The highest BCUT2D eigenvalue weighted by molar-refractivity contribution is 6.23. The Balaban J connectivity index is 3.36. The highest BCUT2D eigenvalue weighted by atomic mass is 16.6. The van der Waals surface area contributed by atoms with Crippen LogP contribution in [0.2, 0.25) is 0 Å². The Morgan fingerprint density at radius 2 is 2.13 bits per heavy atom. The van der Waals surface area contributed by atoms with Crippen molar-refractivity contribution < 1.29 is 24.3 Å². The highest BCUT2D eigenvalue weighted by Gasteiger charge is 2.48. The first-order valence-corrected chi connectivity index (χ1v) is 7.92. The Morgan fingerprint density at radius 3 is 2.65 bits per heavy atom. The van der Waals surface area contributed by atoms with Crippen molar-refractivity contribution in [3.8, 4) is 0 Å². The quantitative estimate of drug-likeness (QED) is 0.244. The number of oxime groups is 1. The van der Waals surface area contributed by atoms with Crippen LogP contribution in [0.1, 0.15) is 46.5 Å². The van der Waals surface area contributed by atoms with Crippen LogP contribution in [0.4, 0.5) is 0 Å². The van der Waals surface area contributed by atoms with Gasteiger partial charge in [-0.3, -0.25) is 9.59 Å². The molecule has 0 bridgehead atoms. The minimum Gasteiger partial charge on any atom is -0.510 e. The standard InChI is InChI=1S/C17H25NO5/c1-5-11-23-18-12(6-2)14-13(19)9-10-17(7-3,15(14)20)16(21)22-8-4/h5,20H,1,6-11H2,2-4H3. The minimum absolute atomic E-state index is 0.0812. The van der Waals surface area contributed by atoms with Crippen LogP contribution in [0.5, 0.6) is 0 Å². The molecule has 0 heterocycles. The Labute approximate surface area is 136 Å². The second kappa shape index (κ2) is 8.50. The van der Waals surface area contributed by atoms with Gasteiger partial charge in [-0.05, 0) is 26.2 Å². The summed E-state index contributed by atoms with van der Waals surface area (Å²) in [6.07, 6.45) is 2.67. The van der Waals surface area contributed by atoms with Gasteiger partial charge in [0.2, 0.25) is 0 Å². The van der Waals surface area contributed by atoms with Crippen molar-refractivity contribution in [3.05, 3.63) is 24.0 Å². The molecule has 0 aromatic heterocycles. The zero-order valence-electron chi connectivity index (χ0n) is 14.1. The lowest BCUT2D eigenvalue weighted by molar-refractivity contribution is -0.156. The number of aliphatic hydroxyl groups excluding tert-OH is 1. The third kappa shape index (κ3) is 3.81. The van der Waals surface area contributed by atoms with E-state index in [0.717, 1.165) is 0 Å². The van der Waals surface area contributed by atoms with Gasteiger partial charge in [0.1, 0.15) is 17.8 Å². The van der Waals surface area contributed by atoms with E-state index < -0.39 is 11.4 Å². The zero-order chi connectivity index (χ0) is 17.5. The number of nitrogens with zero attached hydrogens (tertiary/aromatic N) is 1. The lowest BCUT2D eigenvalue weighted by Gasteiger charge is -2.34. The largest absolute Gasteiger partial charge is 0.510 e. The number of carbonyl (C=O) groups excluding carboxylic acids is 2. The Bertz CT molecular complexity index is 535. The van der Waals surface area contributed by atoms with Crippen molar-refractivity contribution in [2.75, 3.05) is 13.2 Å². The van der Waals surface area contributed by atoms with Crippen LogP contribution in [0.25, 0.3) is 0 Å². The first-order chi connectivity index (χ1) is 11.0. The summed E-state index contributed by atoms with van der Waals surface area (Å²) in [5.41, 5.74) is -0.776. The molecule has 0 radical (unpaired) electrons. The fraction of sp³-hybridized carbons (Fsp3) is 0.588. The predicted molar refractivity (Wildman–Crippen MR) is 87.1 cm³/mol. The second-order valence-electron chi connectivity index (χ2n) is 5.28. The number of carbonyl (C=O) groups is 2. The van der Waals surface area contributed by atoms with E-state index in [1.165, 1.54) is 6.08 Å². The zero-order valence-corrected chi connectivity index (χ0v) is 14.1. The van der Waals surface area contributed by atoms with Crippen LogP contribution in [0.15, 0.2) is 29.1 Å². The molecule has 1 N–H and O–H groups in total. The molecule has 23 heavy (non-hydrogen) atoms. The summed E-state index contributed by atoms with van der Waals surface area (Å²) >= 11 is 0. The normalized spacial score (nSPS) is 22.0. The molecule has 0 spiro atoms. The number of ketones is 1. The molecule has 1 aliphatic carbocycles. The molecule has 0 saturated carbocycles. The minimum atomic E-state index is -1.19. The van der Waals surface area contributed by atoms with Gasteiger partial charge in [-0.15, -0.1) is 0 Å². The fourth-order valence-electron chi connectivity index (χ4n) is 2.65. The van der Waals surface area contributed by atoms with Gasteiger partial charge in [0, 0.05) is 6.42 Å². The second-order valence-corrected chi connectivity index (χ2v) is 5.28. The summed E-state index contributed by atoms with van der Waals surface area (Å²) in [4.78, 5) is 29.7. The van der Waals surface area contributed by atoms with Gasteiger partial charge in [-0.25, -0.2) is 0 Å². The van der Waals surface area contributed by atoms with Gasteiger partial charge in [-0.2, -0.15) is 0 Å². The average Bonchev–Trinajstić information content (AvgIpc) is 2.54. The maximum atomic E-state index is 12.4. The van der Waals surface area contributed by atoms with Crippen LogP contribution in [0, 0.1) is 5.41 Å². The molecule has 0 saturated heterocycles. The molecule has 0 amide bonds. The van der Waals surface area contributed by atoms with E-state index in [2.05, 4.69) is 11.7 Å². The summed E-state index contributed by atoms with van der Waals surface area (Å²) in [7, 11) is 0. The van der Waals surface area contributed by atoms with Gasteiger partial charge in [0.05, 0.1) is 17.9 Å². The summed E-state index contributed by atoms with van der Waals surface area (Å²) < 4.78 is 5.11. The molecule has 1 aliphatic rings. The molecule has 0 aromatic carbocycles. The molecule has 0 aliphatic heterocycles. The van der Waals surface area contributed by atoms with Crippen LogP contribution in [-0.4, -0.2) is 35.8 Å². The smallest absolute Gasteiger partial charge is 0.319 e. The third-order valence-electron chi connectivity index (χ3n) is 4.01. The molecular formula is C17H25NO5. The van der Waals surface area contributed by atoms with Crippen molar-refractivity contribution >= 4 is 17.5 Å². The van der Waals surface area contributed by atoms with Crippen molar-refractivity contribution in [2.24, 2.45) is 10.6 Å². The van der Waals surface area contributed by atoms with Gasteiger partial charge in [-0.1, -0.05) is 31.7 Å². The first-order valence-electron chi connectivity index (χ1n) is 7.92. The Morgan fingerprint density at radius 1 is 1.43 bits per heavy atom. The molecule has 6 heteroatoms. The summed E-state index contributed by atoms with van der Waals surface area (Å²) in [5.74, 6) is -0.997. The maximum absolute atomic E-state index is 12.4.